The molecule has 1 aliphatic carbocycles. The molecular formula is C29H39N3O5. The number of carbonyl (C=O) groups is 3. The molecule has 0 aromatic heterocycles. The van der Waals surface area contributed by atoms with E-state index in [2.05, 4.69) is 10.6 Å². The molecule has 0 heterocycles. The maximum atomic E-state index is 13.0. The van der Waals surface area contributed by atoms with Crippen LogP contribution in [0.4, 0.5) is 5.69 Å². The van der Waals surface area contributed by atoms with E-state index in [0.29, 0.717) is 25.8 Å². The lowest BCUT2D eigenvalue weighted by Gasteiger charge is -2.21. The summed E-state index contributed by atoms with van der Waals surface area (Å²) in [6, 6.07) is 17.1. The van der Waals surface area contributed by atoms with Gasteiger partial charge in [-0.25, -0.2) is 5.48 Å². The zero-order valence-corrected chi connectivity index (χ0v) is 21.4. The fourth-order valence-electron chi connectivity index (χ4n) is 4.55. The third kappa shape index (κ3) is 10.7. The van der Waals surface area contributed by atoms with E-state index in [0.717, 1.165) is 61.8 Å². The van der Waals surface area contributed by atoms with Gasteiger partial charge in [-0.15, -0.1) is 0 Å². The highest BCUT2D eigenvalue weighted by Crippen LogP contribution is 2.22. The number of hydroxylamine groups is 1. The molecule has 2 amide bonds. The Morgan fingerprint density at radius 1 is 0.865 bits per heavy atom. The first-order valence-corrected chi connectivity index (χ1v) is 13.3. The van der Waals surface area contributed by atoms with Crippen LogP contribution in [0.15, 0.2) is 54.6 Å². The molecule has 37 heavy (non-hydrogen) atoms. The number of hydrogen-bond acceptors (Lipinski definition) is 6. The van der Waals surface area contributed by atoms with E-state index < -0.39 is 6.04 Å². The highest BCUT2D eigenvalue weighted by atomic mass is 16.5. The lowest BCUT2D eigenvalue weighted by atomic mass is 10.1. The minimum atomic E-state index is -0.454. The van der Waals surface area contributed by atoms with E-state index >= 15 is 0 Å². The second kappa shape index (κ2) is 15.8. The van der Waals surface area contributed by atoms with Crippen LogP contribution in [0, 0.1) is 0 Å². The van der Waals surface area contributed by atoms with Crippen molar-refractivity contribution < 1.29 is 24.3 Å². The predicted molar refractivity (Wildman–Crippen MR) is 142 cm³/mol. The summed E-state index contributed by atoms with van der Waals surface area (Å²) in [7, 11) is 0. The molecule has 1 aliphatic rings. The lowest BCUT2D eigenvalue weighted by Crippen LogP contribution is -2.40. The molecule has 8 nitrogen and oxygen atoms in total. The van der Waals surface area contributed by atoms with Crippen LogP contribution in [0.1, 0.15) is 75.3 Å². The van der Waals surface area contributed by atoms with Gasteiger partial charge in [-0.05, 0) is 68.2 Å². The minimum Gasteiger partial charge on any atom is -0.461 e. The molecule has 2 aromatic carbocycles. The molecule has 0 bridgehead atoms. The number of anilines is 1. The van der Waals surface area contributed by atoms with Crippen LogP contribution in [0.25, 0.3) is 0 Å². The summed E-state index contributed by atoms with van der Waals surface area (Å²) in [5.74, 6) is -0.651. The summed E-state index contributed by atoms with van der Waals surface area (Å²) in [5, 5.41) is 14.8. The smallest absolute Gasteiger partial charge is 0.323 e. The summed E-state index contributed by atoms with van der Waals surface area (Å²) in [5.41, 5.74) is 4.38. The Morgan fingerprint density at radius 3 is 2.24 bits per heavy atom. The SMILES string of the molecule is O=C(CCCCCCC(=O)Nc1cccc(CNC(Cc2ccccc2)C(=O)OC2CCCC2)c1)NO. The van der Waals surface area contributed by atoms with E-state index in [4.69, 9.17) is 9.94 Å². The van der Waals surface area contributed by atoms with Gasteiger partial charge in [-0.2, -0.15) is 0 Å². The van der Waals surface area contributed by atoms with Crippen molar-refractivity contribution in [1.82, 2.24) is 10.8 Å². The molecule has 1 saturated carbocycles. The van der Waals surface area contributed by atoms with Gasteiger partial charge in [0, 0.05) is 25.1 Å². The number of carbonyl (C=O) groups excluding carboxylic acids is 3. The van der Waals surface area contributed by atoms with Crippen molar-refractivity contribution in [2.24, 2.45) is 0 Å². The second-order valence-electron chi connectivity index (χ2n) is 9.66. The van der Waals surface area contributed by atoms with Crippen LogP contribution in [-0.4, -0.2) is 35.1 Å². The molecule has 0 saturated heterocycles. The van der Waals surface area contributed by atoms with E-state index in [1.807, 2.05) is 54.6 Å². The van der Waals surface area contributed by atoms with Crippen molar-refractivity contribution in [1.29, 1.82) is 0 Å². The molecule has 1 atom stereocenters. The highest BCUT2D eigenvalue weighted by molar-refractivity contribution is 5.90. The second-order valence-corrected chi connectivity index (χ2v) is 9.66. The van der Waals surface area contributed by atoms with Gasteiger partial charge in [0.05, 0.1) is 0 Å². The highest BCUT2D eigenvalue weighted by Gasteiger charge is 2.25. The standard InChI is InChI=1S/C29H39N3O5/c33-27(17-6-1-2-7-18-28(34)32-36)31-24-14-10-13-23(19-24)21-30-26(20-22-11-4-3-5-12-22)29(35)37-25-15-8-9-16-25/h3-5,10-14,19,25-26,30,36H,1-2,6-9,15-18,20-21H2,(H,31,33)(H,32,34). The molecule has 8 heteroatoms. The van der Waals surface area contributed by atoms with E-state index in [1.54, 1.807) is 5.48 Å². The van der Waals surface area contributed by atoms with Crippen LogP contribution in [0.2, 0.25) is 0 Å². The van der Waals surface area contributed by atoms with Crippen LogP contribution in [0.3, 0.4) is 0 Å². The lowest BCUT2D eigenvalue weighted by molar-refractivity contribution is -0.151. The number of benzene rings is 2. The van der Waals surface area contributed by atoms with E-state index in [-0.39, 0.29) is 30.3 Å². The fourth-order valence-corrected chi connectivity index (χ4v) is 4.55. The molecule has 0 aliphatic heterocycles. The predicted octanol–water partition coefficient (Wildman–Crippen LogP) is 4.66. The average Bonchev–Trinajstić information content (AvgIpc) is 3.42. The Bertz CT molecular complexity index is 992. The number of unbranched alkanes of at least 4 members (excludes halogenated alkanes) is 3. The summed E-state index contributed by atoms with van der Waals surface area (Å²) in [6.45, 7) is 0.475. The first kappa shape index (κ1) is 28.3. The number of ether oxygens (including phenoxy) is 1. The monoisotopic (exact) mass is 509 g/mol. The third-order valence-corrected chi connectivity index (χ3v) is 6.60. The van der Waals surface area contributed by atoms with Crippen molar-refractivity contribution in [2.45, 2.75) is 89.3 Å². The topological polar surface area (TPSA) is 117 Å². The number of amides is 2. The number of rotatable bonds is 15. The van der Waals surface area contributed by atoms with Crippen molar-refractivity contribution in [2.75, 3.05) is 5.32 Å². The summed E-state index contributed by atoms with van der Waals surface area (Å²) in [6.07, 6.45) is 8.44. The van der Waals surface area contributed by atoms with Gasteiger partial charge in [0.25, 0.3) is 0 Å². The Hall–Kier alpha value is -3.23. The van der Waals surface area contributed by atoms with Gasteiger partial charge in [0.2, 0.25) is 11.8 Å². The van der Waals surface area contributed by atoms with Crippen LogP contribution in [0.5, 0.6) is 0 Å². The average molecular weight is 510 g/mol. The molecule has 2 aromatic rings. The van der Waals surface area contributed by atoms with Crippen molar-refractivity contribution in [3.63, 3.8) is 0 Å². The maximum absolute atomic E-state index is 13.0. The summed E-state index contributed by atoms with van der Waals surface area (Å²) >= 11 is 0. The zero-order chi connectivity index (χ0) is 26.3. The Kier molecular flexibility index (Phi) is 12.1. The molecule has 1 unspecified atom stereocenters. The van der Waals surface area contributed by atoms with Crippen molar-refractivity contribution in [3.05, 3.63) is 65.7 Å². The first-order chi connectivity index (χ1) is 18.0. The first-order valence-electron chi connectivity index (χ1n) is 13.3. The van der Waals surface area contributed by atoms with Gasteiger partial charge in [0.15, 0.2) is 0 Å². The summed E-state index contributed by atoms with van der Waals surface area (Å²) < 4.78 is 5.80. The quantitative estimate of drug-likeness (QED) is 0.120. The van der Waals surface area contributed by atoms with Crippen molar-refractivity contribution >= 4 is 23.5 Å². The van der Waals surface area contributed by atoms with Gasteiger partial charge in [-0.3, -0.25) is 19.6 Å². The number of hydrogen-bond donors (Lipinski definition) is 4. The maximum Gasteiger partial charge on any atom is 0.323 e. The van der Waals surface area contributed by atoms with Gasteiger partial charge in [-0.1, -0.05) is 55.3 Å². The molecule has 4 N–H and O–H groups in total. The van der Waals surface area contributed by atoms with Crippen molar-refractivity contribution in [3.8, 4) is 0 Å². The molecule has 1 fully saturated rings. The number of nitrogens with one attached hydrogen (secondary N) is 3. The Labute approximate surface area is 219 Å². The van der Waals surface area contributed by atoms with Gasteiger partial charge < -0.3 is 15.4 Å². The normalized spacial score (nSPS) is 14.2. The van der Waals surface area contributed by atoms with Crippen LogP contribution in [-0.2, 0) is 32.1 Å². The molecule has 0 spiro atoms. The Morgan fingerprint density at radius 2 is 1.54 bits per heavy atom. The van der Waals surface area contributed by atoms with E-state index in [1.165, 1.54) is 0 Å². The minimum absolute atomic E-state index is 0.0196. The van der Waals surface area contributed by atoms with Crippen LogP contribution < -0.4 is 16.1 Å². The van der Waals surface area contributed by atoms with Gasteiger partial charge >= 0.3 is 5.97 Å². The van der Waals surface area contributed by atoms with Gasteiger partial charge in [0.1, 0.15) is 12.1 Å². The largest absolute Gasteiger partial charge is 0.461 e. The fraction of sp³-hybridized carbons (Fsp3) is 0.483. The molecule has 3 rings (SSSR count). The van der Waals surface area contributed by atoms with E-state index in [9.17, 15) is 14.4 Å². The summed E-state index contributed by atoms with van der Waals surface area (Å²) in [4.78, 5) is 36.3. The molecule has 0 radical (unpaired) electrons. The Balaban J connectivity index is 1.47. The third-order valence-electron chi connectivity index (χ3n) is 6.60. The molecule has 200 valence electrons. The number of esters is 1. The zero-order valence-electron chi connectivity index (χ0n) is 21.4. The van der Waals surface area contributed by atoms with Crippen LogP contribution >= 0.6 is 0 Å². The molecular weight excluding hydrogens is 470 g/mol.